The Labute approximate surface area is 323 Å². The molecule has 0 saturated carbocycles. The van der Waals surface area contributed by atoms with Crippen LogP contribution in [0.5, 0.6) is 0 Å². The number of rotatable bonds is 4. The van der Waals surface area contributed by atoms with E-state index in [1.807, 2.05) is 30.3 Å². The predicted octanol–water partition coefficient (Wildman–Crippen LogP) is -7.08. The lowest BCUT2D eigenvalue weighted by molar-refractivity contribution is 0.668. The fourth-order valence-electron chi connectivity index (χ4n) is 8.63. The van der Waals surface area contributed by atoms with Crippen LogP contribution < -0.4 is 54.6 Å². The van der Waals surface area contributed by atoms with E-state index in [0.717, 1.165) is 71.7 Å². The minimum Gasteiger partial charge on any atom is -0.456 e. The topological polar surface area (TPSA) is 65.0 Å². The van der Waals surface area contributed by atoms with Crippen LogP contribution in [-0.4, -0.2) is 93.4 Å². The second-order valence-corrected chi connectivity index (χ2v) is 15.0. The van der Waals surface area contributed by atoms with Gasteiger partial charge < -0.3 is 8.83 Å². The average molecular weight is 684 g/mol. The number of furan rings is 2. The number of aromatic nitrogens is 3. The molecule has 3 aromatic heterocycles. The Morgan fingerprint density at radius 1 is 0.333 bits per heavy atom. The Morgan fingerprint density at radius 2 is 0.741 bits per heavy atom. The molecule has 0 aliphatic carbocycles. The van der Waals surface area contributed by atoms with Crippen molar-refractivity contribution in [2.75, 3.05) is 0 Å². The van der Waals surface area contributed by atoms with Gasteiger partial charge in [-0.3, -0.25) is 0 Å². The van der Waals surface area contributed by atoms with Gasteiger partial charge in [-0.1, -0.05) is 82.5 Å². The molecule has 9 rings (SSSR count). The van der Waals surface area contributed by atoms with Gasteiger partial charge in [-0.15, -0.1) is 32.8 Å². The standard InChI is InChI=1S/C39H33B10N3O2/c40-26-24(27(41)31(45)34(48)30(26)44)38-50-37(51-39(52-38)25-28(42)32(46)35(49)33(47)29(25)43)18-10-5-13-21-23(18)22-15(7-4-12-20(22)53-21)17-9-3-8-16-14-6-1-2-11-19(14)54-36(16)17/h1-13H,40-49H2. The van der Waals surface area contributed by atoms with E-state index in [-0.39, 0.29) is 0 Å². The molecular weight excluding hydrogens is 651 g/mol. The van der Waals surface area contributed by atoms with E-state index in [1.165, 1.54) is 54.6 Å². The van der Waals surface area contributed by atoms with Gasteiger partial charge in [0.25, 0.3) is 0 Å². The van der Waals surface area contributed by atoms with Crippen molar-refractivity contribution in [3.05, 3.63) is 78.9 Å². The summed E-state index contributed by atoms with van der Waals surface area (Å²) in [7, 11) is 22.0. The first-order valence-electron chi connectivity index (χ1n) is 18.7. The summed E-state index contributed by atoms with van der Waals surface area (Å²) in [5, 5.41) is 4.16. The normalized spacial score (nSPS) is 11.7. The molecular formula is C39H33B10N3O2. The van der Waals surface area contributed by atoms with Crippen molar-refractivity contribution in [1.29, 1.82) is 0 Å². The molecule has 0 N–H and O–H groups in total. The van der Waals surface area contributed by atoms with Crippen LogP contribution in [0.4, 0.5) is 0 Å². The average Bonchev–Trinajstić information content (AvgIpc) is 3.77. The molecule has 9 aromatic rings. The van der Waals surface area contributed by atoms with Gasteiger partial charge in [-0.2, -0.15) is 0 Å². The molecule has 0 saturated heterocycles. The largest absolute Gasteiger partial charge is 0.456 e. The maximum absolute atomic E-state index is 6.64. The van der Waals surface area contributed by atoms with Crippen LogP contribution >= 0.6 is 0 Å². The number of hydrogen-bond donors (Lipinski definition) is 0. The summed E-state index contributed by atoms with van der Waals surface area (Å²) in [4.78, 5) is 16.1. The SMILES string of the molecule is Bc1c(B)c(B)c(-c2nc(-c3c(B)c(B)c(B)c(B)c3B)nc(-c3cccc4oc5cccc(-c6cccc7c6oc6ccccc67)c5c34)n2)c(B)c1B. The monoisotopic (exact) mass is 685 g/mol. The van der Waals surface area contributed by atoms with Crippen LogP contribution in [0.2, 0.25) is 0 Å². The van der Waals surface area contributed by atoms with Crippen molar-refractivity contribution in [2.45, 2.75) is 0 Å². The van der Waals surface area contributed by atoms with Gasteiger partial charge in [-0.05, 0) is 23.8 Å². The van der Waals surface area contributed by atoms with Crippen molar-refractivity contribution in [1.82, 2.24) is 15.0 Å². The Kier molecular flexibility index (Phi) is 8.00. The lowest BCUT2D eigenvalue weighted by Gasteiger charge is -2.22. The first-order valence-corrected chi connectivity index (χ1v) is 18.7. The molecule has 0 radical (unpaired) electrons. The lowest BCUT2D eigenvalue weighted by atomic mass is 9.60. The minimum absolute atomic E-state index is 0.615. The smallest absolute Gasteiger partial charge is 0.164 e. The number of benzene rings is 6. The summed E-state index contributed by atoms with van der Waals surface area (Å²) in [6, 6.07) is 27.1. The Hall–Kier alpha value is -5.42. The van der Waals surface area contributed by atoms with Gasteiger partial charge in [0.15, 0.2) is 17.5 Å². The van der Waals surface area contributed by atoms with Gasteiger partial charge in [-0.25, -0.2) is 15.0 Å². The number of para-hydroxylation sites is 2. The minimum atomic E-state index is 0.615. The maximum Gasteiger partial charge on any atom is 0.164 e. The highest BCUT2D eigenvalue weighted by atomic mass is 16.3. The number of fused-ring (bicyclic) bond motifs is 6. The third-order valence-corrected chi connectivity index (χ3v) is 12.5. The summed E-state index contributed by atoms with van der Waals surface area (Å²) in [6.45, 7) is 0. The molecule has 15 heteroatoms. The van der Waals surface area contributed by atoms with Gasteiger partial charge in [0.1, 0.15) is 101 Å². The highest BCUT2D eigenvalue weighted by Crippen LogP contribution is 2.44. The molecule has 0 aliphatic heterocycles. The summed E-state index contributed by atoms with van der Waals surface area (Å²) < 4.78 is 13.2. The van der Waals surface area contributed by atoms with Crippen LogP contribution in [0, 0.1) is 0 Å². The van der Waals surface area contributed by atoms with Crippen molar-refractivity contribution in [3.8, 4) is 45.3 Å². The molecule has 3 heterocycles. The Morgan fingerprint density at radius 3 is 1.31 bits per heavy atom. The summed E-state index contributed by atoms with van der Waals surface area (Å²) in [5.41, 5.74) is 20.8. The first-order chi connectivity index (χ1) is 26.0. The van der Waals surface area contributed by atoms with Crippen LogP contribution in [0.3, 0.4) is 0 Å². The van der Waals surface area contributed by atoms with Crippen LogP contribution in [0.15, 0.2) is 87.7 Å². The van der Waals surface area contributed by atoms with E-state index >= 15 is 0 Å². The van der Waals surface area contributed by atoms with Crippen molar-refractivity contribution in [3.63, 3.8) is 0 Å². The molecule has 0 atom stereocenters. The van der Waals surface area contributed by atoms with Gasteiger partial charge in [0.2, 0.25) is 0 Å². The van der Waals surface area contributed by atoms with E-state index in [9.17, 15) is 0 Å². The Balaban J connectivity index is 1.39. The van der Waals surface area contributed by atoms with Crippen LogP contribution in [0.25, 0.3) is 89.2 Å². The van der Waals surface area contributed by atoms with Crippen LogP contribution in [0.1, 0.15) is 0 Å². The van der Waals surface area contributed by atoms with Gasteiger partial charge in [0.05, 0.1) is 0 Å². The summed E-state index contributed by atoms with van der Waals surface area (Å²) in [5.74, 6) is 1.98. The molecule has 0 bridgehead atoms. The maximum atomic E-state index is 6.64. The first kappa shape index (κ1) is 34.4. The molecule has 54 heavy (non-hydrogen) atoms. The molecule has 0 unspecified atom stereocenters. The quantitative estimate of drug-likeness (QED) is 0.173. The third-order valence-electron chi connectivity index (χ3n) is 12.5. The van der Waals surface area contributed by atoms with Crippen molar-refractivity contribution >= 4 is 177 Å². The molecule has 0 fully saturated rings. The Bertz CT molecular complexity index is 2940. The lowest BCUT2D eigenvalue weighted by Crippen LogP contribution is -2.55. The summed E-state index contributed by atoms with van der Waals surface area (Å²) >= 11 is 0. The van der Waals surface area contributed by atoms with E-state index in [4.69, 9.17) is 23.8 Å². The highest BCUT2D eigenvalue weighted by Gasteiger charge is 2.25. The molecule has 5 nitrogen and oxygen atoms in total. The zero-order valence-electron chi connectivity index (χ0n) is 32.7. The number of hydrogen-bond acceptors (Lipinski definition) is 5. The third kappa shape index (κ3) is 4.97. The van der Waals surface area contributed by atoms with Crippen LogP contribution in [-0.2, 0) is 0 Å². The molecule has 6 aromatic carbocycles. The van der Waals surface area contributed by atoms with Crippen molar-refractivity contribution < 1.29 is 8.83 Å². The predicted molar refractivity (Wildman–Crippen MR) is 258 cm³/mol. The van der Waals surface area contributed by atoms with E-state index in [0.29, 0.717) is 17.5 Å². The summed E-state index contributed by atoms with van der Waals surface area (Å²) in [6.07, 6.45) is 0. The second-order valence-electron chi connectivity index (χ2n) is 15.0. The van der Waals surface area contributed by atoms with E-state index < -0.39 is 0 Å². The second kappa shape index (κ2) is 12.6. The molecule has 0 amide bonds. The zero-order chi connectivity index (χ0) is 37.7. The molecule has 0 spiro atoms. The molecule has 246 valence electrons. The van der Waals surface area contributed by atoms with E-state index in [1.54, 1.807) is 0 Å². The van der Waals surface area contributed by atoms with Gasteiger partial charge in [0, 0.05) is 43.8 Å². The van der Waals surface area contributed by atoms with E-state index in [2.05, 4.69) is 127 Å². The fraction of sp³-hybridized carbons (Fsp3) is 0. The fourth-order valence-corrected chi connectivity index (χ4v) is 8.63. The highest BCUT2D eigenvalue weighted by molar-refractivity contribution is 6.70. The number of nitrogens with zero attached hydrogens (tertiary/aromatic N) is 3. The van der Waals surface area contributed by atoms with Gasteiger partial charge >= 0.3 is 0 Å². The van der Waals surface area contributed by atoms with Crippen molar-refractivity contribution in [2.24, 2.45) is 0 Å². The molecule has 0 aliphatic rings. The zero-order valence-corrected chi connectivity index (χ0v) is 32.7.